The maximum absolute atomic E-state index is 13.4. The Hall–Kier alpha value is -3.47. The van der Waals surface area contributed by atoms with Gasteiger partial charge in [0.2, 0.25) is 0 Å². The molecule has 2 amide bonds. The van der Waals surface area contributed by atoms with Crippen molar-refractivity contribution in [1.82, 2.24) is 0 Å². The van der Waals surface area contributed by atoms with E-state index in [1.54, 1.807) is 66.7 Å². The van der Waals surface area contributed by atoms with E-state index >= 15 is 0 Å². The first-order chi connectivity index (χ1) is 15.0. The van der Waals surface area contributed by atoms with E-state index < -0.39 is 11.8 Å². The summed E-state index contributed by atoms with van der Waals surface area (Å²) in [5.41, 5.74) is 1.48. The van der Waals surface area contributed by atoms with Crippen molar-refractivity contribution in [3.05, 3.63) is 111 Å². The van der Waals surface area contributed by atoms with Gasteiger partial charge in [0.05, 0.1) is 5.69 Å². The normalized spacial score (nSPS) is 13.0. The second-order valence-electron chi connectivity index (χ2n) is 7.13. The molecule has 4 aromatic rings. The summed E-state index contributed by atoms with van der Waals surface area (Å²) in [6.07, 6.45) is 0. The highest BCUT2D eigenvalue weighted by Gasteiger charge is 2.36. The van der Waals surface area contributed by atoms with Gasteiger partial charge in [0.1, 0.15) is 0 Å². The van der Waals surface area contributed by atoms with Gasteiger partial charge in [-0.3, -0.25) is 14.4 Å². The Morgan fingerprint density at radius 2 is 1.45 bits per heavy atom. The summed E-state index contributed by atoms with van der Waals surface area (Å²) in [6, 6.07) is 21.6. The van der Waals surface area contributed by atoms with Crippen LogP contribution in [-0.2, 0) is 0 Å². The molecule has 0 aromatic heterocycles. The minimum Gasteiger partial charge on any atom is -0.289 e. The summed E-state index contributed by atoms with van der Waals surface area (Å²) in [7, 11) is 0. The summed E-state index contributed by atoms with van der Waals surface area (Å²) >= 11 is 12.5. The predicted molar refractivity (Wildman–Crippen MR) is 121 cm³/mol. The average molecular weight is 446 g/mol. The Balaban J connectivity index is 1.72. The molecule has 1 aliphatic rings. The van der Waals surface area contributed by atoms with Crippen LogP contribution in [0.1, 0.15) is 36.6 Å². The van der Waals surface area contributed by atoms with Gasteiger partial charge in [-0.1, -0.05) is 65.7 Å². The first kappa shape index (κ1) is 19.5. The fourth-order valence-electron chi connectivity index (χ4n) is 3.91. The molecule has 4 aromatic carbocycles. The molecule has 0 fully saturated rings. The quantitative estimate of drug-likeness (QED) is 0.279. The first-order valence-corrected chi connectivity index (χ1v) is 10.2. The number of nitrogens with zero attached hydrogens (tertiary/aromatic N) is 1. The second-order valence-corrected chi connectivity index (χ2v) is 7.97. The van der Waals surface area contributed by atoms with Gasteiger partial charge >= 0.3 is 0 Å². The highest BCUT2D eigenvalue weighted by Crippen LogP contribution is 2.37. The molecule has 150 valence electrons. The van der Waals surface area contributed by atoms with Gasteiger partial charge < -0.3 is 0 Å². The molecule has 0 radical (unpaired) electrons. The van der Waals surface area contributed by atoms with Crippen molar-refractivity contribution in [2.45, 2.75) is 0 Å². The zero-order chi connectivity index (χ0) is 21.7. The van der Waals surface area contributed by atoms with Gasteiger partial charge in [0, 0.05) is 43.1 Å². The smallest absolute Gasteiger partial charge is 0.266 e. The van der Waals surface area contributed by atoms with Gasteiger partial charge in [0.15, 0.2) is 5.78 Å². The molecule has 4 nitrogen and oxygen atoms in total. The van der Waals surface area contributed by atoms with E-state index in [-0.39, 0.29) is 17.0 Å². The van der Waals surface area contributed by atoms with E-state index in [9.17, 15) is 14.4 Å². The van der Waals surface area contributed by atoms with Crippen LogP contribution in [0.3, 0.4) is 0 Å². The molecule has 0 spiro atoms. The Labute approximate surface area is 187 Å². The summed E-state index contributed by atoms with van der Waals surface area (Å²) in [5, 5.41) is 1.94. The number of carbonyl (C=O) groups excluding carboxylic acids is 3. The van der Waals surface area contributed by atoms with Crippen molar-refractivity contribution in [2.75, 3.05) is 4.90 Å². The molecule has 0 unspecified atom stereocenters. The molecule has 1 aliphatic heterocycles. The van der Waals surface area contributed by atoms with Crippen LogP contribution in [-0.4, -0.2) is 17.6 Å². The van der Waals surface area contributed by atoms with Crippen LogP contribution >= 0.6 is 23.2 Å². The highest BCUT2D eigenvalue weighted by molar-refractivity contribution is 6.41. The molecule has 0 bridgehead atoms. The van der Waals surface area contributed by atoms with Crippen molar-refractivity contribution in [1.29, 1.82) is 0 Å². The van der Waals surface area contributed by atoms with Crippen LogP contribution in [0.15, 0.2) is 78.9 Å². The maximum Gasteiger partial charge on any atom is 0.266 e. The van der Waals surface area contributed by atoms with Crippen LogP contribution in [0.5, 0.6) is 0 Å². The number of halogens is 2. The molecular formula is C25H13Cl2NO3. The maximum atomic E-state index is 13.4. The Bertz CT molecular complexity index is 1390. The van der Waals surface area contributed by atoms with E-state index in [0.29, 0.717) is 37.5 Å². The monoisotopic (exact) mass is 445 g/mol. The standard InChI is InChI=1S/C25H13Cl2NO3/c26-15-9-12-21(19(13-15)23(29)14-5-2-1-3-6-14)28-24(30)17-8-4-7-16-20(27)11-10-18(22(16)17)25(28)31/h1-13H. The third-order valence-electron chi connectivity index (χ3n) is 5.33. The largest absolute Gasteiger partial charge is 0.289 e. The number of benzene rings is 4. The topological polar surface area (TPSA) is 54.5 Å². The average Bonchev–Trinajstić information content (AvgIpc) is 2.79. The minimum absolute atomic E-state index is 0.171. The summed E-state index contributed by atoms with van der Waals surface area (Å²) < 4.78 is 0. The van der Waals surface area contributed by atoms with Crippen molar-refractivity contribution in [2.24, 2.45) is 0 Å². The number of hydrogen-bond donors (Lipinski definition) is 0. The van der Waals surface area contributed by atoms with Crippen molar-refractivity contribution in [3.8, 4) is 0 Å². The molecular weight excluding hydrogens is 433 g/mol. The molecule has 5 rings (SSSR count). The summed E-state index contributed by atoms with van der Waals surface area (Å²) in [6.45, 7) is 0. The molecule has 0 aliphatic carbocycles. The Morgan fingerprint density at radius 1 is 0.742 bits per heavy atom. The van der Waals surface area contributed by atoms with Gasteiger partial charge in [0.25, 0.3) is 11.8 Å². The number of rotatable bonds is 3. The second kappa shape index (κ2) is 7.34. The minimum atomic E-state index is -0.519. The number of anilines is 1. The van der Waals surface area contributed by atoms with Gasteiger partial charge in [-0.2, -0.15) is 0 Å². The SMILES string of the molecule is O=C(c1ccccc1)c1cc(Cl)ccc1N1C(=O)c2cccc3c(Cl)ccc(c23)C1=O. The number of ketones is 1. The number of carbonyl (C=O) groups is 3. The Kier molecular flexibility index (Phi) is 4.62. The molecule has 0 saturated heterocycles. The van der Waals surface area contributed by atoms with Crippen LogP contribution in [0.25, 0.3) is 10.8 Å². The van der Waals surface area contributed by atoms with E-state index in [4.69, 9.17) is 23.2 Å². The lowest BCUT2D eigenvalue weighted by Crippen LogP contribution is -2.41. The summed E-state index contributed by atoms with van der Waals surface area (Å²) in [4.78, 5) is 41.1. The van der Waals surface area contributed by atoms with E-state index in [1.165, 1.54) is 12.1 Å². The van der Waals surface area contributed by atoms with E-state index in [2.05, 4.69) is 0 Å². The molecule has 31 heavy (non-hydrogen) atoms. The molecule has 0 atom stereocenters. The third kappa shape index (κ3) is 3.03. The number of amides is 2. The van der Waals surface area contributed by atoms with Crippen LogP contribution in [0.2, 0.25) is 10.0 Å². The lowest BCUT2D eigenvalue weighted by atomic mass is 9.92. The van der Waals surface area contributed by atoms with E-state index in [1.807, 2.05) is 0 Å². The fraction of sp³-hybridized carbons (Fsp3) is 0. The fourth-order valence-corrected chi connectivity index (χ4v) is 4.30. The number of hydrogen-bond acceptors (Lipinski definition) is 3. The van der Waals surface area contributed by atoms with Gasteiger partial charge in [-0.15, -0.1) is 0 Å². The zero-order valence-electron chi connectivity index (χ0n) is 15.9. The van der Waals surface area contributed by atoms with Crippen LogP contribution in [0, 0.1) is 0 Å². The highest BCUT2D eigenvalue weighted by atomic mass is 35.5. The van der Waals surface area contributed by atoms with E-state index in [0.717, 1.165) is 4.90 Å². The van der Waals surface area contributed by atoms with Crippen molar-refractivity contribution < 1.29 is 14.4 Å². The zero-order valence-corrected chi connectivity index (χ0v) is 17.4. The molecule has 6 heteroatoms. The van der Waals surface area contributed by atoms with Crippen LogP contribution < -0.4 is 4.90 Å². The molecule has 0 saturated carbocycles. The van der Waals surface area contributed by atoms with Gasteiger partial charge in [-0.05, 0) is 36.4 Å². The number of imide groups is 1. The van der Waals surface area contributed by atoms with Gasteiger partial charge in [-0.25, -0.2) is 4.90 Å². The van der Waals surface area contributed by atoms with Crippen molar-refractivity contribution >= 4 is 57.3 Å². The lowest BCUT2D eigenvalue weighted by molar-refractivity contribution is 0.0893. The van der Waals surface area contributed by atoms with Crippen LogP contribution in [0.4, 0.5) is 5.69 Å². The molecule has 0 N–H and O–H groups in total. The lowest BCUT2D eigenvalue weighted by Gasteiger charge is -2.28. The third-order valence-corrected chi connectivity index (χ3v) is 5.90. The summed E-state index contributed by atoms with van der Waals surface area (Å²) in [5.74, 6) is -1.37. The molecule has 1 heterocycles. The Morgan fingerprint density at radius 3 is 2.19 bits per heavy atom. The van der Waals surface area contributed by atoms with Crippen molar-refractivity contribution in [3.63, 3.8) is 0 Å². The first-order valence-electron chi connectivity index (χ1n) is 9.46. The predicted octanol–water partition coefficient (Wildman–Crippen LogP) is 6.18.